The van der Waals surface area contributed by atoms with Gasteiger partial charge >= 0.3 is 6.18 Å². The molecule has 2 N–H and O–H groups in total. The fourth-order valence-corrected chi connectivity index (χ4v) is 2.83. The van der Waals surface area contributed by atoms with Gasteiger partial charge in [-0.1, -0.05) is 12.1 Å². The Morgan fingerprint density at radius 1 is 1.27 bits per heavy atom. The number of benzene rings is 1. The fourth-order valence-electron chi connectivity index (χ4n) is 2.83. The molecule has 1 rings (SSSR count). The average molecular weight is 430 g/mol. The van der Waals surface area contributed by atoms with Gasteiger partial charge in [-0.25, -0.2) is 10.0 Å². The number of ether oxygens (including phenoxy) is 1. The number of methoxy groups -OCH3 is 1. The Balaban J connectivity index is 3.54. The summed E-state index contributed by atoms with van der Waals surface area (Å²) in [6.07, 6.45) is -3.93. The minimum Gasteiger partial charge on any atom is -0.395 e. The molecule has 0 aliphatic carbocycles. The van der Waals surface area contributed by atoms with E-state index in [0.717, 1.165) is 17.7 Å². The van der Waals surface area contributed by atoms with Gasteiger partial charge in [-0.2, -0.15) is 13.2 Å². The Labute approximate surface area is 174 Å². The number of nitrogens with one attached hydrogen (secondary N) is 1. The lowest BCUT2D eigenvalue weighted by atomic mass is 10.0. The van der Waals surface area contributed by atoms with Crippen molar-refractivity contribution < 1.29 is 27.8 Å². The third-order valence-corrected chi connectivity index (χ3v) is 4.24. The number of hydrogen-bond acceptors (Lipinski definition) is 6. The molecular formula is C20H29F3N4O3. The molecule has 1 unspecified atom stereocenters. The van der Waals surface area contributed by atoms with E-state index in [0.29, 0.717) is 23.6 Å². The van der Waals surface area contributed by atoms with Crippen molar-refractivity contribution in [1.29, 1.82) is 0 Å². The monoisotopic (exact) mass is 430 g/mol. The number of hydrogen-bond donors (Lipinski definition) is 2. The minimum atomic E-state index is -4.43. The summed E-state index contributed by atoms with van der Waals surface area (Å²) < 4.78 is 44.3. The second-order valence-electron chi connectivity index (χ2n) is 6.82. The van der Waals surface area contributed by atoms with Crippen LogP contribution in [-0.2, 0) is 15.7 Å². The van der Waals surface area contributed by atoms with Crippen LogP contribution in [0.5, 0.6) is 0 Å². The van der Waals surface area contributed by atoms with E-state index in [2.05, 4.69) is 10.3 Å². The highest BCUT2D eigenvalue weighted by Crippen LogP contribution is 2.33. The number of hydrazine groups is 1. The number of aliphatic imine (C=N–C) groups is 1. The standard InChI is InChI=1S/C20H29F3N4O3/c1-14(2)19(25-15(3)24-13-29)27(26(4)10-11-28)18(12-30-5)16-6-8-17(9-7-16)20(21,22)23/h6-9,13,18,28H,10-12H2,1-5H3,(H,24,25,29). The third-order valence-electron chi connectivity index (χ3n) is 4.24. The lowest BCUT2D eigenvalue weighted by Crippen LogP contribution is -2.45. The number of aliphatic hydroxyl groups excluding tert-OH is 1. The first-order valence-electron chi connectivity index (χ1n) is 9.27. The largest absolute Gasteiger partial charge is 0.416 e. The van der Waals surface area contributed by atoms with Gasteiger partial charge in [0.05, 0.1) is 24.8 Å². The van der Waals surface area contributed by atoms with Gasteiger partial charge in [0.25, 0.3) is 0 Å². The van der Waals surface area contributed by atoms with E-state index >= 15 is 0 Å². The number of rotatable bonds is 10. The van der Waals surface area contributed by atoms with Crippen LogP contribution in [0, 0.1) is 0 Å². The zero-order valence-corrected chi connectivity index (χ0v) is 17.8. The lowest BCUT2D eigenvalue weighted by Gasteiger charge is -2.40. The number of nitrogens with zero attached hydrogens (tertiary/aromatic N) is 3. The Morgan fingerprint density at radius 2 is 1.87 bits per heavy atom. The van der Waals surface area contributed by atoms with Crippen molar-refractivity contribution >= 4 is 12.2 Å². The molecule has 0 fully saturated rings. The van der Waals surface area contributed by atoms with Crippen molar-refractivity contribution in [1.82, 2.24) is 15.3 Å². The quantitative estimate of drug-likeness (QED) is 0.258. The maximum absolute atomic E-state index is 13.0. The Kier molecular flexibility index (Phi) is 9.97. The van der Waals surface area contributed by atoms with E-state index in [1.165, 1.54) is 19.2 Å². The van der Waals surface area contributed by atoms with E-state index < -0.39 is 17.8 Å². The molecule has 0 saturated heterocycles. The Morgan fingerprint density at radius 3 is 2.30 bits per heavy atom. The lowest BCUT2D eigenvalue weighted by molar-refractivity contribution is -0.137. The summed E-state index contributed by atoms with van der Waals surface area (Å²) >= 11 is 0. The summed E-state index contributed by atoms with van der Waals surface area (Å²) in [5, 5.41) is 15.4. The van der Waals surface area contributed by atoms with E-state index in [9.17, 15) is 23.1 Å². The molecule has 168 valence electrons. The van der Waals surface area contributed by atoms with Crippen LogP contribution >= 0.6 is 0 Å². The van der Waals surface area contributed by atoms with Gasteiger partial charge in [0.15, 0.2) is 0 Å². The highest BCUT2D eigenvalue weighted by molar-refractivity contribution is 5.89. The van der Waals surface area contributed by atoms with Crippen LogP contribution in [0.15, 0.2) is 40.7 Å². The van der Waals surface area contributed by atoms with Crippen molar-refractivity contribution in [3.05, 3.63) is 46.8 Å². The van der Waals surface area contributed by atoms with Gasteiger partial charge in [-0.05, 0) is 44.0 Å². The van der Waals surface area contributed by atoms with Crippen LogP contribution in [0.1, 0.15) is 37.9 Å². The van der Waals surface area contributed by atoms with Gasteiger partial charge in [0, 0.05) is 20.7 Å². The number of halogens is 3. The maximum Gasteiger partial charge on any atom is 0.416 e. The highest BCUT2D eigenvalue weighted by atomic mass is 19.4. The van der Waals surface area contributed by atoms with Crippen molar-refractivity contribution in [2.45, 2.75) is 33.0 Å². The molecule has 0 aliphatic rings. The van der Waals surface area contributed by atoms with E-state index in [1.807, 2.05) is 13.8 Å². The Bertz CT molecular complexity index is 745. The van der Waals surface area contributed by atoms with Crippen LogP contribution in [0.3, 0.4) is 0 Å². The molecule has 7 nitrogen and oxygen atoms in total. The molecule has 1 aromatic carbocycles. The molecule has 0 aromatic heterocycles. The molecule has 1 aromatic rings. The van der Waals surface area contributed by atoms with Gasteiger partial charge in [-0.15, -0.1) is 0 Å². The number of carbonyl (C=O) groups excluding carboxylic acids is 1. The van der Waals surface area contributed by atoms with Crippen LogP contribution in [0.25, 0.3) is 0 Å². The average Bonchev–Trinajstić information content (AvgIpc) is 2.66. The molecule has 0 spiro atoms. The molecule has 1 atom stereocenters. The molecule has 1 amide bonds. The fraction of sp³-hybridized carbons (Fsp3) is 0.500. The minimum absolute atomic E-state index is 0.146. The van der Waals surface area contributed by atoms with Crippen LogP contribution in [-0.4, -0.2) is 61.3 Å². The predicted octanol–water partition coefficient (Wildman–Crippen LogP) is 2.95. The first-order valence-corrected chi connectivity index (χ1v) is 9.27. The molecule has 30 heavy (non-hydrogen) atoms. The molecule has 0 aliphatic heterocycles. The van der Waals surface area contributed by atoms with Crippen molar-refractivity contribution in [3.63, 3.8) is 0 Å². The highest BCUT2D eigenvalue weighted by Gasteiger charge is 2.32. The number of aliphatic hydroxyl groups is 1. The SMILES string of the molecule is COCC(c1ccc(C(F)(F)F)cc1)N(C(/N=C(/C)NC=O)=C(C)C)N(C)CCO. The normalized spacial score (nSPS) is 13.2. The Hall–Kier alpha value is -2.43. The second kappa shape index (κ2) is 11.7. The van der Waals surface area contributed by atoms with Gasteiger partial charge in [0.2, 0.25) is 6.41 Å². The van der Waals surface area contributed by atoms with Crippen molar-refractivity contribution in [3.8, 4) is 0 Å². The summed E-state index contributed by atoms with van der Waals surface area (Å²) in [6.45, 7) is 5.50. The first-order chi connectivity index (χ1) is 14.1. The predicted molar refractivity (Wildman–Crippen MR) is 108 cm³/mol. The number of amidine groups is 1. The number of alkyl halides is 3. The molecule has 0 bridgehead atoms. The molecule has 10 heteroatoms. The molecule has 0 radical (unpaired) electrons. The third kappa shape index (κ3) is 7.12. The summed E-state index contributed by atoms with van der Waals surface area (Å²) in [4.78, 5) is 15.2. The van der Waals surface area contributed by atoms with E-state index in [-0.39, 0.29) is 19.8 Å². The van der Waals surface area contributed by atoms with Gasteiger partial charge < -0.3 is 15.2 Å². The number of amides is 1. The first kappa shape index (κ1) is 25.6. The summed E-state index contributed by atoms with van der Waals surface area (Å²) in [7, 11) is 3.22. The number of allylic oxidation sites excluding steroid dienone is 1. The second-order valence-corrected chi connectivity index (χ2v) is 6.82. The maximum atomic E-state index is 13.0. The smallest absolute Gasteiger partial charge is 0.395 e. The molecule has 0 saturated carbocycles. The van der Waals surface area contributed by atoms with Gasteiger partial charge in [0.1, 0.15) is 11.7 Å². The van der Waals surface area contributed by atoms with Crippen LogP contribution in [0.2, 0.25) is 0 Å². The molecular weight excluding hydrogens is 401 g/mol. The van der Waals surface area contributed by atoms with Crippen LogP contribution < -0.4 is 5.32 Å². The summed E-state index contributed by atoms with van der Waals surface area (Å²) in [5.74, 6) is 0.812. The van der Waals surface area contributed by atoms with Gasteiger partial charge in [-0.3, -0.25) is 9.80 Å². The summed E-state index contributed by atoms with van der Waals surface area (Å²) in [5.41, 5.74) is 0.619. The van der Waals surface area contributed by atoms with E-state index in [4.69, 9.17) is 4.74 Å². The van der Waals surface area contributed by atoms with E-state index in [1.54, 1.807) is 24.0 Å². The zero-order chi connectivity index (χ0) is 22.9. The van der Waals surface area contributed by atoms with Crippen molar-refractivity contribution in [2.75, 3.05) is 33.9 Å². The zero-order valence-electron chi connectivity index (χ0n) is 17.8. The van der Waals surface area contributed by atoms with Crippen LogP contribution in [0.4, 0.5) is 13.2 Å². The number of carbonyl (C=O) groups is 1. The number of likely N-dealkylation sites (N-methyl/N-ethyl adjacent to an activating group) is 1. The molecule has 0 heterocycles. The summed E-state index contributed by atoms with van der Waals surface area (Å²) in [6, 6.07) is 4.30. The topological polar surface area (TPSA) is 77.4 Å². The van der Waals surface area contributed by atoms with Crippen molar-refractivity contribution in [2.24, 2.45) is 4.99 Å².